The van der Waals surface area contributed by atoms with Crippen LogP contribution in [0.15, 0.2) is 0 Å². The zero-order chi connectivity index (χ0) is 9.90. The topological polar surface area (TPSA) is 35.2 Å². The lowest BCUT2D eigenvalue weighted by molar-refractivity contribution is 0.142. The van der Waals surface area contributed by atoms with Crippen molar-refractivity contribution in [2.75, 3.05) is 0 Å². The average Bonchev–Trinajstić information content (AvgIpc) is 2.02. The lowest BCUT2D eigenvalue weighted by Crippen LogP contribution is -2.41. The second-order valence-electron chi connectivity index (χ2n) is 4.80. The fourth-order valence-corrected chi connectivity index (χ4v) is 4.28. The van der Waals surface area contributed by atoms with E-state index >= 15 is 0 Å². The van der Waals surface area contributed by atoms with Gasteiger partial charge in [-0.2, -0.15) is 0 Å². The van der Waals surface area contributed by atoms with Crippen LogP contribution >= 0.6 is 0 Å². The van der Waals surface area contributed by atoms with Crippen molar-refractivity contribution in [2.24, 2.45) is 5.73 Å². The van der Waals surface area contributed by atoms with Gasteiger partial charge in [0.2, 0.25) is 0 Å². The smallest absolute Gasteiger partial charge is 0.187 e. The fourth-order valence-electron chi connectivity index (χ4n) is 1.99. The van der Waals surface area contributed by atoms with E-state index < -0.39 is 8.32 Å². The summed E-state index contributed by atoms with van der Waals surface area (Å²) in [5.74, 6) is 0. The Bertz CT molecular complexity index is 161. The molecule has 3 heteroatoms. The van der Waals surface area contributed by atoms with E-state index in [4.69, 9.17) is 10.2 Å². The maximum absolute atomic E-state index is 6.11. The summed E-state index contributed by atoms with van der Waals surface area (Å²) in [5, 5.41) is 0. The van der Waals surface area contributed by atoms with Crippen molar-refractivity contribution in [3.8, 4) is 0 Å². The van der Waals surface area contributed by atoms with Gasteiger partial charge in [-0.05, 0) is 38.4 Å². The second kappa shape index (κ2) is 4.58. The Morgan fingerprint density at radius 3 is 2.77 bits per heavy atom. The molecular formula is C10H23NOSi. The van der Waals surface area contributed by atoms with Crippen LogP contribution in [0.2, 0.25) is 19.1 Å². The first-order chi connectivity index (χ1) is 6.03. The van der Waals surface area contributed by atoms with Gasteiger partial charge in [-0.25, -0.2) is 0 Å². The predicted molar refractivity (Wildman–Crippen MR) is 59.3 cm³/mol. The Morgan fingerprint density at radius 2 is 2.23 bits per heavy atom. The quantitative estimate of drug-likeness (QED) is 0.712. The van der Waals surface area contributed by atoms with Crippen LogP contribution in [0.25, 0.3) is 0 Å². The van der Waals surface area contributed by atoms with Gasteiger partial charge < -0.3 is 10.2 Å². The molecule has 1 aliphatic rings. The molecule has 0 aromatic carbocycles. The van der Waals surface area contributed by atoms with E-state index in [1.807, 2.05) is 0 Å². The van der Waals surface area contributed by atoms with Crippen LogP contribution in [0.5, 0.6) is 0 Å². The predicted octanol–water partition coefficient (Wildman–Crippen LogP) is 2.50. The maximum atomic E-state index is 6.11. The highest BCUT2D eigenvalue weighted by Gasteiger charge is 2.31. The van der Waals surface area contributed by atoms with Gasteiger partial charge in [0.25, 0.3) is 0 Å². The zero-order valence-electron chi connectivity index (χ0n) is 9.18. The van der Waals surface area contributed by atoms with E-state index in [9.17, 15) is 0 Å². The van der Waals surface area contributed by atoms with E-state index in [0.29, 0.717) is 12.1 Å². The van der Waals surface area contributed by atoms with E-state index in [1.54, 1.807) is 0 Å². The summed E-state index contributed by atoms with van der Waals surface area (Å²) < 4.78 is 6.11. The normalized spacial score (nSPS) is 30.0. The minimum Gasteiger partial charge on any atom is -0.414 e. The van der Waals surface area contributed by atoms with Crippen molar-refractivity contribution in [1.82, 2.24) is 0 Å². The van der Waals surface area contributed by atoms with Crippen LogP contribution in [-0.2, 0) is 4.43 Å². The number of nitrogens with two attached hydrogens (primary N) is 1. The van der Waals surface area contributed by atoms with Gasteiger partial charge in [0.15, 0.2) is 8.32 Å². The first-order valence-electron chi connectivity index (χ1n) is 5.47. The molecule has 0 aromatic rings. The second-order valence-corrected chi connectivity index (χ2v) is 9.05. The molecular weight excluding hydrogens is 178 g/mol. The third-order valence-electron chi connectivity index (χ3n) is 2.88. The van der Waals surface area contributed by atoms with E-state index in [0.717, 1.165) is 12.8 Å². The summed E-state index contributed by atoms with van der Waals surface area (Å²) in [5.41, 5.74) is 5.93. The van der Waals surface area contributed by atoms with Crippen molar-refractivity contribution in [3.05, 3.63) is 0 Å². The molecule has 2 unspecified atom stereocenters. The van der Waals surface area contributed by atoms with Crippen molar-refractivity contribution >= 4 is 8.32 Å². The molecule has 78 valence electrons. The van der Waals surface area contributed by atoms with E-state index in [2.05, 4.69) is 20.0 Å². The molecule has 0 bridgehead atoms. The molecule has 2 atom stereocenters. The third kappa shape index (κ3) is 3.79. The monoisotopic (exact) mass is 201 g/mol. The van der Waals surface area contributed by atoms with Crippen molar-refractivity contribution in [3.63, 3.8) is 0 Å². The van der Waals surface area contributed by atoms with Crippen LogP contribution in [0.3, 0.4) is 0 Å². The molecule has 1 rings (SSSR count). The molecule has 1 fully saturated rings. The van der Waals surface area contributed by atoms with Crippen molar-refractivity contribution < 1.29 is 4.43 Å². The van der Waals surface area contributed by atoms with Crippen LogP contribution in [0, 0.1) is 0 Å². The maximum Gasteiger partial charge on any atom is 0.187 e. The molecule has 0 radical (unpaired) electrons. The van der Waals surface area contributed by atoms with Gasteiger partial charge in [-0.3, -0.25) is 0 Å². The highest BCUT2D eigenvalue weighted by Crippen LogP contribution is 2.27. The summed E-state index contributed by atoms with van der Waals surface area (Å²) in [6.45, 7) is 6.78. The summed E-state index contributed by atoms with van der Waals surface area (Å²) in [7, 11) is -1.29. The molecule has 0 spiro atoms. The Hall–Kier alpha value is 0.137. The lowest BCUT2D eigenvalue weighted by Gasteiger charge is -2.35. The molecule has 0 aliphatic carbocycles. The Balaban J connectivity index is 2.34. The molecule has 1 aliphatic heterocycles. The zero-order valence-corrected chi connectivity index (χ0v) is 10.2. The van der Waals surface area contributed by atoms with Gasteiger partial charge in [-0.15, -0.1) is 0 Å². The number of rotatable bonds is 3. The third-order valence-corrected chi connectivity index (χ3v) is 5.41. The first kappa shape index (κ1) is 11.2. The average molecular weight is 201 g/mol. The number of hydrogen-bond acceptors (Lipinski definition) is 2. The van der Waals surface area contributed by atoms with Gasteiger partial charge in [0.1, 0.15) is 0 Å². The molecule has 2 nitrogen and oxygen atoms in total. The Labute approximate surface area is 83.0 Å². The van der Waals surface area contributed by atoms with E-state index in [1.165, 1.54) is 18.9 Å². The SMILES string of the molecule is CCC(N)CC1CCC[Si](C)(C)O1. The standard InChI is InChI=1S/C10H23NOSi/c1-4-9(11)8-10-6-5-7-13(2,3)12-10/h9-10H,4-8,11H2,1-3H3. The number of hydrogen-bond donors (Lipinski definition) is 1. The van der Waals surface area contributed by atoms with Gasteiger partial charge in [-0.1, -0.05) is 13.3 Å². The van der Waals surface area contributed by atoms with Crippen molar-refractivity contribution in [2.45, 2.75) is 63.9 Å². The minimum absolute atomic E-state index is 0.341. The largest absolute Gasteiger partial charge is 0.414 e. The van der Waals surface area contributed by atoms with Gasteiger partial charge >= 0.3 is 0 Å². The fraction of sp³-hybridized carbons (Fsp3) is 1.00. The van der Waals surface area contributed by atoms with Gasteiger partial charge in [0, 0.05) is 12.1 Å². The Morgan fingerprint density at radius 1 is 1.54 bits per heavy atom. The summed E-state index contributed by atoms with van der Waals surface area (Å²) in [4.78, 5) is 0. The summed E-state index contributed by atoms with van der Waals surface area (Å²) >= 11 is 0. The Kier molecular flexibility index (Phi) is 3.95. The highest BCUT2D eigenvalue weighted by atomic mass is 28.4. The van der Waals surface area contributed by atoms with E-state index in [-0.39, 0.29) is 0 Å². The summed E-state index contributed by atoms with van der Waals surface area (Å²) in [6.07, 6.45) is 5.17. The summed E-state index contributed by atoms with van der Waals surface area (Å²) in [6, 6.07) is 1.66. The van der Waals surface area contributed by atoms with Crippen LogP contribution in [0.4, 0.5) is 0 Å². The van der Waals surface area contributed by atoms with Crippen LogP contribution in [0.1, 0.15) is 32.6 Å². The van der Waals surface area contributed by atoms with Gasteiger partial charge in [0.05, 0.1) is 0 Å². The van der Waals surface area contributed by atoms with Crippen LogP contribution < -0.4 is 5.73 Å². The minimum atomic E-state index is -1.29. The van der Waals surface area contributed by atoms with Crippen LogP contribution in [-0.4, -0.2) is 20.5 Å². The first-order valence-corrected chi connectivity index (χ1v) is 8.58. The molecule has 13 heavy (non-hydrogen) atoms. The molecule has 2 N–H and O–H groups in total. The molecule has 0 saturated carbocycles. The molecule has 1 heterocycles. The molecule has 0 amide bonds. The lowest BCUT2D eigenvalue weighted by atomic mass is 10.0. The van der Waals surface area contributed by atoms with Crippen molar-refractivity contribution in [1.29, 1.82) is 0 Å². The molecule has 1 saturated heterocycles. The highest BCUT2D eigenvalue weighted by molar-refractivity contribution is 6.71. The molecule has 0 aromatic heterocycles.